The number of H-pyrrole nitrogens is 1. The number of carbonyl (C=O) groups excluding carboxylic acids is 1. The summed E-state index contributed by atoms with van der Waals surface area (Å²) >= 11 is 1.70. The molecule has 0 aliphatic rings. The summed E-state index contributed by atoms with van der Waals surface area (Å²) in [7, 11) is 1.63. The Morgan fingerprint density at radius 1 is 1.04 bits per heavy atom. The number of aromatic amines is 1. The molecule has 0 bridgehead atoms. The van der Waals surface area contributed by atoms with Crippen LogP contribution in [0.4, 0.5) is 0 Å². The number of esters is 1. The van der Waals surface area contributed by atoms with E-state index in [4.69, 9.17) is 9.47 Å². The first-order chi connectivity index (χ1) is 12.7. The Morgan fingerprint density at radius 3 is 2.27 bits per heavy atom. The lowest BCUT2D eigenvalue weighted by Gasteiger charge is -2.05. The number of aromatic nitrogens is 1. The minimum absolute atomic E-state index is 0.332. The lowest BCUT2D eigenvalue weighted by atomic mass is 10.1. The van der Waals surface area contributed by atoms with Crippen LogP contribution in [0.2, 0.25) is 0 Å². The van der Waals surface area contributed by atoms with Crippen molar-refractivity contribution in [1.82, 2.24) is 4.98 Å². The topological polar surface area (TPSA) is 51.3 Å². The number of hydrogen-bond acceptors (Lipinski definition) is 4. The number of nitrogens with one attached hydrogen (secondary N) is 1. The smallest absolute Gasteiger partial charge is 0.340 e. The van der Waals surface area contributed by atoms with Crippen LogP contribution in [0.5, 0.6) is 5.75 Å². The summed E-state index contributed by atoms with van der Waals surface area (Å²) in [5.41, 5.74) is 4.08. The molecule has 0 amide bonds. The number of hydrogen-bond donors (Lipinski definition) is 1. The van der Waals surface area contributed by atoms with E-state index in [9.17, 15) is 4.79 Å². The lowest BCUT2D eigenvalue weighted by Crippen LogP contribution is -2.04. The Kier molecular flexibility index (Phi) is 5.68. The van der Waals surface area contributed by atoms with Crippen molar-refractivity contribution < 1.29 is 14.3 Å². The molecule has 5 heteroatoms. The Bertz CT molecular complexity index is 883. The van der Waals surface area contributed by atoms with Crippen molar-refractivity contribution >= 4 is 17.7 Å². The van der Waals surface area contributed by atoms with Gasteiger partial charge in [-0.15, -0.1) is 11.8 Å². The fourth-order valence-corrected chi connectivity index (χ4v) is 3.14. The molecule has 134 valence electrons. The van der Waals surface area contributed by atoms with Crippen molar-refractivity contribution in [1.29, 1.82) is 0 Å². The molecule has 1 N–H and O–H groups in total. The van der Waals surface area contributed by atoms with Crippen LogP contribution in [0, 0.1) is 0 Å². The molecule has 2 aromatic carbocycles. The zero-order valence-electron chi connectivity index (χ0n) is 15.0. The van der Waals surface area contributed by atoms with Crippen LogP contribution in [-0.4, -0.2) is 30.9 Å². The Morgan fingerprint density at radius 2 is 1.69 bits per heavy atom. The summed E-state index contributed by atoms with van der Waals surface area (Å²) in [4.78, 5) is 17.0. The van der Waals surface area contributed by atoms with Gasteiger partial charge in [-0.25, -0.2) is 4.79 Å². The number of methoxy groups -OCH3 is 1. The summed E-state index contributed by atoms with van der Waals surface area (Å²) in [6.45, 7) is 2.14. The Balaban J connectivity index is 2.05. The quantitative estimate of drug-likeness (QED) is 0.477. The van der Waals surface area contributed by atoms with E-state index in [1.165, 1.54) is 4.90 Å². The van der Waals surface area contributed by atoms with E-state index in [1.54, 1.807) is 25.8 Å². The van der Waals surface area contributed by atoms with Gasteiger partial charge in [0.25, 0.3) is 0 Å². The monoisotopic (exact) mass is 367 g/mol. The zero-order valence-corrected chi connectivity index (χ0v) is 15.9. The number of rotatable bonds is 6. The van der Waals surface area contributed by atoms with Crippen molar-refractivity contribution in [3.05, 3.63) is 60.2 Å². The first-order valence-electron chi connectivity index (χ1n) is 8.35. The molecule has 0 unspecified atom stereocenters. The van der Waals surface area contributed by atoms with Crippen LogP contribution < -0.4 is 4.74 Å². The minimum atomic E-state index is -0.332. The molecular formula is C21H21NO3S. The highest BCUT2D eigenvalue weighted by Gasteiger charge is 2.18. The highest BCUT2D eigenvalue weighted by molar-refractivity contribution is 7.98. The second kappa shape index (κ2) is 8.15. The molecule has 3 aromatic rings. The molecule has 0 aliphatic heterocycles. The number of thioether (sulfide) groups is 1. The number of carbonyl (C=O) groups is 1. The highest BCUT2D eigenvalue weighted by Crippen LogP contribution is 2.31. The first kappa shape index (κ1) is 18.1. The van der Waals surface area contributed by atoms with Crippen LogP contribution >= 0.6 is 11.8 Å². The maximum atomic E-state index is 12.4. The van der Waals surface area contributed by atoms with E-state index in [0.29, 0.717) is 12.2 Å². The summed E-state index contributed by atoms with van der Waals surface area (Å²) in [6.07, 6.45) is 2.05. The predicted molar refractivity (Wildman–Crippen MR) is 106 cm³/mol. The maximum absolute atomic E-state index is 12.4. The Hall–Kier alpha value is -2.66. The van der Waals surface area contributed by atoms with E-state index in [2.05, 4.69) is 17.1 Å². The SMILES string of the molecule is CCOC(=O)c1cc(-c2ccc(SC)cc2)[nH]c1-c1ccc(OC)cc1. The van der Waals surface area contributed by atoms with Gasteiger partial charge in [0.1, 0.15) is 5.75 Å². The lowest BCUT2D eigenvalue weighted by molar-refractivity contribution is 0.0527. The molecule has 26 heavy (non-hydrogen) atoms. The molecule has 0 radical (unpaired) electrons. The van der Waals surface area contributed by atoms with Crippen molar-refractivity contribution in [3.63, 3.8) is 0 Å². The average molecular weight is 367 g/mol. The van der Waals surface area contributed by atoms with E-state index in [-0.39, 0.29) is 5.97 Å². The van der Waals surface area contributed by atoms with Crippen molar-refractivity contribution in [2.24, 2.45) is 0 Å². The van der Waals surface area contributed by atoms with Crippen LogP contribution in [0.15, 0.2) is 59.5 Å². The first-order valence-corrected chi connectivity index (χ1v) is 9.57. The van der Waals surface area contributed by atoms with E-state index in [0.717, 1.165) is 28.3 Å². The van der Waals surface area contributed by atoms with Crippen LogP contribution in [0.1, 0.15) is 17.3 Å². The molecule has 0 atom stereocenters. The molecule has 3 rings (SSSR count). The van der Waals surface area contributed by atoms with Gasteiger partial charge in [-0.1, -0.05) is 12.1 Å². The summed E-state index contributed by atoms with van der Waals surface area (Å²) in [5, 5.41) is 0. The highest BCUT2D eigenvalue weighted by atomic mass is 32.2. The van der Waals surface area contributed by atoms with Gasteiger partial charge in [0.05, 0.1) is 25.0 Å². The predicted octanol–water partition coefficient (Wildman–Crippen LogP) is 5.26. The summed E-state index contributed by atoms with van der Waals surface area (Å²) < 4.78 is 10.4. The fraction of sp³-hybridized carbons (Fsp3) is 0.190. The third-order valence-corrected chi connectivity index (χ3v) is 4.84. The van der Waals surface area contributed by atoms with Gasteiger partial charge < -0.3 is 14.5 Å². The molecule has 0 saturated heterocycles. The number of benzene rings is 2. The standard InChI is InChI=1S/C21H21NO3S/c1-4-25-21(23)18-13-19(14-7-11-17(26-3)12-8-14)22-20(18)15-5-9-16(24-2)10-6-15/h5-13,22H,4H2,1-3H3. The van der Waals surface area contributed by atoms with Gasteiger partial charge in [-0.3, -0.25) is 0 Å². The molecule has 0 spiro atoms. The molecule has 0 aliphatic carbocycles. The van der Waals surface area contributed by atoms with Gasteiger partial charge in [-0.05, 0) is 66.8 Å². The fourth-order valence-electron chi connectivity index (χ4n) is 2.74. The summed E-state index contributed by atoms with van der Waals surface area (Å²) in [5.74, 6) is 0.437. The largest absolute Gasteiger partial charge is 0.497 e. The molecule has 1 aromatic heterocycles. The zero-order chi connectivity index (χ0) is 18.5. The van der Waals surface area contributed by atoms with Crippen molar-refractivity contribution in [2.75, 3.05) is 20.0 Å². The van der Waals surface area contributed by atoms with E-state index >= 15 is 0 Å². The molecule has 4 nitrogen and oxygen atoms in total. The third-order valence-electron chi connectivity index (χ3n) is 4.09. The van der Waals surface area contributed by atoms with Crippen LogP contribution in [0.25, 0.3) is 22.5 Å². The minimum Gasteiger partial charge on any atom is -0.497 e. The van der Waals surface area contributed by atoms with Crippen molar-refractivity contribution in [2.45, 2.75) is 11.8 Å². The second-order valence-electron chi connectivity index (χ2n) is 5.65. The molecule has 0 fully saturated rings. The maximum Gasteiger partial charge on any atom is 0.340 e. The van der Waals surface area contributed by atoms with Crippen molar-refractivity contribution in [3.8, 4) is 28.3 Å². The average Bonchev–Trinajstić information content (AvgIpc) is 3.14. The normalized spacial score (nSPS) is 10.6. The van der Waals surface area contributed by atoms with Gasteiger partial charge >= 0.3 is 5.97 Å². The van der Waals surface area contributed by atoms with Crippen LogP contribution in [0.3, 0.4) is 0 Å². The number of ether oxygens (including phenoxy) is 2. The van der Waals surface area contributed by atoms with Gasteiger partial charge in [-0.2, -0.15) is 0 Å². The Labute approximate surface area is 157 Å². The summed E-state index contributed by atoms with van der Waals surface area (Å²) in [6, 6.07) is 17.7. The molecular weight excluding hydrogens is 346 g/mol. The van der Waals surface area contributed by atoms with Gasteiger partial charge in [0, 0.05) is 10.6 Å². The third kappa shape index (κ3) is 3.78. The molecule has 1 heterocycles. The van der Waals surface area contributed by atoms with Gasteiger partial charge in [0.2, 0.25) is 0 Å². The van der Waals surface area contributed by atoms with E-state index in [1.807, 2.05) is 48.7 Å². The van der Waals surface area contributed by atoms with E-state index < -0.39 is 0 Å². The molecule has 0 saturated carbocycles. The van der Waals surface area contributed by atoms with Crippen LogP contribution in [-0.2, 0) is 4.74 Å². The second-order valence-corrected chi connectivity index (χ2v) is 6.53. The van der Waals surface area contributed by atoms with Gasteiger partial charge in [0.15, 0.2) is 0 Å².